The summed E-state index contributed by atoms with van der Waals surface area (Å²) >= 11 is 1.22. The Kier molecular flexibility index (Phi) is 7.13. The number of rotatable bonds is 10. The summed E-state index contributed by atoms with van der Waals surface area (Å²) in [6, 6.07) is 5.81. The number of pyridine rings is 1. The van der Waals surface area contributed by atoms with Crippen molar-refractivity contribution in [2.75, 3.05) is 40.0 Å². The summed E-state index contributed by atoms with van der Waals surface area (Å²) in [5, 5.41) is 20.2. The van der Waals surface area contributed by atoms with Gasteiger partial charge in [0.05, 0.1) is 31.4 Å². The number of hydrogen-bond donors (Lipinski definition) is 1. The van der Waals surface area contributed by atoms with Crippen molar-refractivity contribution < 1.29 is 23.8 Å². The Balaban J connectivity index is 1.46. The first kappa shape index (κ1) is 24.5. The van der Waals surface area contributed by atoms with Gasteiger partial charge >= 0.3 is 0 Å². The normalized spacial score (nSPS) is 17.4. The van der Waals surface area contributed by atoms with Gasteiger partial charge in [-0.2, -0.15) is 0 Å². The number of methoxy groups -OCH3 is 1. The number of halogens is 1. The van der Waals surface area contributed by atoms with Crippen molar-refractivity contribution in [2.45, 2.75) is 25.3 Å². The van der Waals surface area contributed by atoms with Gasteiger partial charge in [-0.05, 0) is 36.5 Å². The molecule has 1 aliphatic carbocycles. The molecule has 1 atom stereocenters. The smallest absolute Gasteiger partial charge is 0.274 e. The van der Waals surface area contributed by atoms with Gasteiger partial charge in [0.1, 0.15) is 10.8 Å². The number of aromatic hydroxyl groups is 1. The fourth-order valence-corrected chi connectivity index (χ4v) is 5.20. The van der Waals surface area contributed by atoms with Crippen LogP contribution in [0, 0.1) is 11.7 Å². The van der Waals surface area contributed by atoms with Gasteiger partial charge in [-0.15, -0.1) is 10.2 Å². The summed E-state index contributed by atoms with van der Waals surface area (Å²) in [7, 11) is 1.59. The highest BCUT2D eigenvalue weighted by atomic mass is 32.1. The molecule has 36 heavy (non-hydrogen) atoms. The van der Waals surface area contributed by atoms with Crippen molar-refractivity contribution in [1.29, 1.82) is 0 Å². The average molecular weight is 515 g/mol. The lowest BCUT2D eigenvalue weighted by Gasteiger charge is -2.36. The molecule has 190 valence electrons. The van der Waals surface area contributed by atoms with Gasteiger partial charge in [-0.3, -0.25) is 9.59 Å². The molecule has 2 aromatic heterocycles. The first-order valence-electron chi connectivity index (χ1n) is 11.9. The molecule has 0 spiro atoms. The van der Waals surface area contributed by atoms with Crippen LogP contribution in [0.5, 0.6) is 5.75 Å². The Morgan fingerprint density at radius 1 is 1.17 bits per heavy atom. The molecule has 11 heteroatoms. The van der Waals surface area contributed by atoms with Gasteiger partial charge in [-0.1, -0.05) is 23.5 Å². The second-order valence-corrected chi connectivity index (χ2v) is 10.2. The quantitative estimate of drug-likeness (QED) is 0.415. The van der Waals surface area contributed by atoms with E-state index in [1.54, 1.807) is 34.9 Å². The van der Waals surface area contributed by atoms with Crippen molar-refractivity contribution in [3.8, 4) is 16.3 Å². The maximum Gasteiger partial charge on any atom is 0.274 e. The van der Waals surface area contributed by atoms with Gasteiger partial charge in [-0.25, -0.2) is 4.39 Å². The fourth-order valence-electron chi connectivity index (χ4n) is 4.32. The molecular weight excluding hydrogens is 487 g/mol. The number of benzene rings is 1. The van der Waals surface area contributed by atoms with E-state index in [9.17, 15) is 19.1 Å². The second kappa shape index (κ2) is 10.5. The predicted molar refractivity (Wildman–Crippen MR) is 131 cm³/mol. The van der Waals surface area contributed by atoms with Crippen LogP contribution in [0.25, 0.3) is 10.6 Å². The number of amides is 1. The number of fused-ring (bicyclic) bond motifs is 1. The first-order valence-corrected chi connectivity index (χ1v) is 12.7. The highest BCUT2D eigenvalue weighted by Crippen LogP contribution is 2.35. The lowest BCUT2D eigenvalue weighted by Crippen LogP contribution is -2.46. The number of carbonyl (C=O) groups is 1. The number of carbonyl (C=O) groups excluding carboxylic acids is 1. The molecule has 0 unspecified atom stereocenters. The van der Waals surface area contributed by atoms with E-state index in [1.165, 1.54) is 23.5 Å². The van der Waals surface area contributed by atoms with E-state index in [4.69, 9.17) is 9.47 Å². The number of ether oxygens (including phenoxy) is 2. The molecule has 0 radical (unpaired) electrons. The summed E-state index contributed by atoms with van der Waals surface area (Å²) in [5.41, 5.74) is 0.349. The van der Waals surface area contributed by atoms with Gasteiger partial charge in [0.25, 0.3) is 5.91 Å². The van der Waals surface area contributed by atoms with E-state index in [0.29, 0.717) is 55.3 Å². The van der Waals surface area contributed by atoms with E-state index in [-0.39, 0.29) is 29.0 Å². The van der Waals surface area contributed by atoms with Crippen molar-refractivity contribution in [2.24, 2.45) is 5.92 Å². The highest BCUT2D eigenvalue weighted by Gasteiger charge is 2.37. The van der Waals surface area contributed by atoms with Crippen LogP contribution < -0.4 is 5.43 Å². The Hall–Kier alpha value is -3.15. The van der Waals surface area contributed by atoms with Crippen LogP contribution in [0.1, 0.15) is 39.9 Å². The van der Waals surface area contributed by atoms with Crippen LogP contribution >= 0.6 is 11.3 Å². The summed E-state index contributed by atoms with van der Waals surface area (Å²) in [6.45, 7) is 2.14. The van der Waals surface area contributed by atoms with Crippen molar-refractivity contribution in [1.82, 2.24) is 19.7 Å². The molecule has 0 saturated heterocycles. The lowest BCUT2D eigenvalue weighted by atomic mass is 10.1. The Morgan fingerprint density at radius 3 is 2.67 bits per heavy atom. The minimum atomic E-state index is -0.661. The third-order valence-electron chi connectivity index (χ3n) is 6.41. The van der Waals surface area contributed by atoms with Crippen molar-refractivity contribution >= 4 is 17.2 Å². The van der Waals surface area contributed by atoms with Crippen molar-refractivity contribution in [3.05, 3.63) is 62.8 Å². The molecule has 9 nitrogen and oxygen atoms in total. The fraction of sp³-hybridized carbons (Fsp3) is 0.440. The molecule has 0 bridgehead atoms. The van der Waals surface area contributed by atoms with Crippen LogP contribution in [-0.2, 0) is 15.9 Å². The van der Waals surface area contributed by atoms with Gasteiger partial charge in [0.15, 0.2) is 16.5 Å². The Labute approximate surface area is 211 Å². The van der Waals surface area contributed by atoms with E-state index >= 15 is 0 Å². The van der Waals surface area contributed by atoms with Crippen LogP contribution in [0.15, 0.2) is 35.3 Å². The summed E-state index contributed by atoms with van der Waals surface area (Å²) in [4.78, 5) is 28.1. The van der Waals surface area contributed by atoms with Crippen LogP contribution in [0.4, 0.5) is 4.39 Å². The largest absolute Gasteiger partial charge is 0.503 e. The Bertz CT molecular complexity index is 1300. The zero-order valence-corrected chi connectivity index (χ0v) is 20.7. The number of aromatic nitrogens is 3. The van der Waals surface area contributed by atoms with E-state index in [0.717, 1.165) is 18.4 Å². The minimum Gasteiger partial charge on any atom is -0.503 e. The molecule has 3 aromatic rings. The molecule has 1 N–H and O–H groups in total. The molecule has 3 heterocycles. The van der Waals surface area contributed by atoms with Gasteiger partial charge < -0.3 is 24.0 Å². The summed E-state index contributed by atoms with van der Waals surface area (Å²) in [5.74, 6) is -0.800. The summed E-state index contributed by atoms with van der Waals surface area (Å²) in [6.07, 6.45) is 4.17. The molecular formula is C25H27FN4O5S. The lowest BCUT2D eigenvalue weighted by molar-refractivity contribution is 0.0334. The second-order valence-electron chi connectivity index (χ2n) is 9.16. The van der Waals surface area contributed by atoms with Crippen molar-refractivity contribution in [3.63, 3.8) is 0 Å². The van der Waals surface area contributed by atoms with Crippen LogP contribution in [0.2, 0.25) is 0 Å². The molecule has 1 fully saturated rings. The molecule has 1 aromatic carbocycles. The molecule has 1 aliphatic heterocycles. The number of hydrogen-bond acceptors (Lipinski definition) is 8. The van der Waals surface area contributed by atoms with E-state index < -0.39 is 11.2 Å². The van der Waals surface area contributed by atoms with Crippen LogP contribution in [0.3, 0.4) is 0 Å². The molecule has 1 saturated carbocycles. The zero-order valence-electron chi connectivity index (χ0n) is 19.9. The van der Waals surface area contributed by atoms with E-state index in [2.05, 4.69) is 10.2 Å². The van der Waals surface area contributed by atoms with E-state index in [1.807, 2.05) is 0 Å². The average Bonchev–Trinajstić information content (AvgIpc) is 3.57. The monoisotopic (exact) mass is 514 g/mol. The van der Waals surface area contributed by atoms with Gasteiger partial charge in [0, 0.05) is 32.8 Å². The van der Waals surface area contributed by atoms with Gasteiger partial charge in [0.2, 0.25) is 5.43 Å². The van der Waals surface area contributed by atoms with Crippen LogP contribution in [-0.4, -0.2) is 70.7 Å². The predicted octanol–water partition coefficient (Wildman–Crippen LogP) is 2.87. The zero-order chi connectivity index (χ0) is 25.2. The number of nitrogens with zero attached hydrogens (tertiary/aromatic N) is 4. The maximum absolute atomic E-state index is 13.2. The SMILES string of the molecule is COCCOC[C@H]1CN(CC2CC2)C(=O)c2c(O)c(=O)c(-c3nnc(Cc4ccc(F)cc4)s3)cn21. The third kappa shape index (κ3) is 5.18. The maximum atomic E-state index is 13.2. The standard InChI is InChI=1S/C25H27FN4O5S/c1-34-8-9-35-14-18-12-29(11-16-2-3-16)25(33)21-23(32)22(31)19(13-30(18)21)24-28-27-20(36-24)10-15-4-6-17(26)7-5-15/h4-7,13,16,18,32H,2-3,8-12,14H2,1H3/t18-/m1/s1. The molecule has 1 amide bonds. The minimum absolute atomic E-state index is 0.0213. The topological polar surface area (TPSA) is 107 Å². The third-order valence-corrected chi connectivity index (χ3v) is 7.36. The highest BCUT2D eigenvalue weighted by molar-refractivity contribution is 7.14. The molecule has 5 rings (SSSR count). The first-order chi connectivity index (χ1) is 17.4. The summed E-state index contributed by atoms with van der Waals surface area (Å²) < 4.78 is 25.7. The Morgan fingerprint density at radius 2 is 1.94 bits per heavy atom. The molecule has 2 aliphatic rings.